The van der Waals surface area contributed by atoms with Gasteiger partial charge in [-0.1, -0.05) is 91.0 Å². The molecule has 0 aliphatic rings. The Hall–Kier alpha value is -4.39. The fraction of sp³-hybridized carbons (Fsp3) is 0.138. The number of nitrogens with zero attached hydrogens (tertiary/aromatic N) is 3. The molecule has 1 N–H and O–H groups in total. The minimum Gasteiger partial charge on any atom is -0.311 e. The number of aromatic nitrogens is 3. The number of alkyl halides is 2. The number of hydrogen-bond acceptors (Lipinski definition) is 3. The summed E-state index contributed by atoms with van der Waals surface area (Å²) in [4.78, 5) is 16.0. The summed E-state index contributed by atoms with van der Waals surface area (Å²) in [5.41, 5.74) is 2.08. The van der Waals surface area contributed by atoms with E-state index in [0.717, 1.165) is 16.7 Å². The van der Waals surface area contributed by atoms with Gasteiger partial charge < -0.3 is 5.32 Å². The van der Waals surface area contributed by atoms with Crippen LogP contribution in [0.5, 0.6) is 0 Å². The highest BCUT2D eigenvalue weighted by Gasteiger charge is 2.41. The standard InChI is InChI=1S/C29H24F2N4O/c1-20(36)33-27-17-26-24(19-32-27)28(25(31)18-30)34-35(26)29(21-11-5-2-6-12-21,22-13-7-3-8-14-22)23-15-9-4-10-16-23/h2-17,19,25H,18H2,1H3,(H,32,33,36). The van der Waals surface area contributed by atoms with Crippen molar-refractivity contribution < 1.29 is 13.6 Å². The lowest BCUT2D eigenvalue weighted by Crippen LogP contribution is -2.38. The maximum Gasteiger partial charge on any atom is 0.222 e. The fourth-order valence-electron chi connectivity index (χ4n) is 4.75. The summed E-state index contributed by atoms with van der Waals surface area (Å²) >= 11 is 0. The van der Waals surface area contributed by atoms with E-state index in [1.165, 1.54) is 13.1 Å². The molecule has 0 bridgehead atoms. The number of hydrogen-bond donors (Lipinski definition) is 1. The molecule has 3 aromatic carbocycles. The Kier molecular flexibility index (Phi) is 6.29. The Bertz CT molecular complexity index is 1390. The van der Waals surface area contributed by atoms with E-state index >= 15 is 0 Å². The molecule has 5 rings (SSSR count). The van der Waals surface area contributed by atoms with Crippen molar-refractivity contribution in [3.8, 4) is 0 Å². The van der Waals surface area contributed by atoms with Gasteiger partial charge in [0.25, 0.3) is 0 Å². The van der Waals surface area contributed by atoms with Crippen molar-refractivity contribution in [3.05, 3.63) is 126 Å². The molecule has 0 fully saturated rings. The quantitative estimate of drug-likeness (QED) is 0.281. The van der Waals surface area contributed by atoms with Crippen LogP contribution >= 0.6 is 0 Å². The minimum atomic E-state index is -1.93. The molecule has 36 heavy (non-hydrogen) atoms. The average molecular weight is 483 g/mol. The van der Waals surface area contributed by atoms with Gasteiger partial charge in [0.15, 0.2) is 6.17 Å². The SMILES string of the molecule is CC(=O)Nc1cc2c(cn1)c(C(F)CF)nn2C(c1ccccc1)(c1ccccc1)c1ccccc1. The number of nitrogens with one attached hydrogen (secondary N) is 1. The number of fused-ring (bicyclic) bond motifs is 1. The van der Waals surface area contributed by atoms with E-state index in [1.54, 1.807) is 10.7 Å². The van der Waals surface area contributed by atoms with E-state index < -0.39 is 18.4 Å². The summed E-state index contributed by atoms with van der Waals surface area (Å²) in [6, 6.07) is 31.0. The fourth-order valence-corrected chi connectivity index (χ4v) is 4.75. The first kappa shape index (κ1) is 23.4. The average Bonchev–Trinajstić information content (AvgIpc) is 3.29. The van der Waals surface area contributed by atoms with Crippen LogP contribution in [0.1, 0.15) is 35.5 Å². The number of pyridine rings is 1. The van der Waals surface area contributed by atoms with Gasteiger partial charge >= 0.3 is 0 Å². The zero-order valence-electron chi connectivity index (χ0n) is 19.6. The molecule has 1 atom stereocenters. The van der Waals surface area contributed by atoms with Crippen molar-refractivity contribution in [2.75, 3.05) is 12.0 Å². The van der Waals surface area contributed by atoms with Crippen molar-refractivity contribution in [1.82, 2.24) is 14.8 Å². The van der Waals surface area contributed by atoms with E-state index in [1.807, 2.05) is 91.0 Å². The second kappa shape index (κ2) is 9.70. The summed E-state index contributed by atoms with van der Waals surface area (Å²) in [6.45, 7) is 0.173. The van der Waals surface area contributed by atoms with Gasteiger partial charge in [0, 0.05) is 24.6 Å². The summed E-state index contributed by atoms with van der Waals surface area (Å²) in [7, 11) is 0. The summed E-state index contributed by atoms with van der Waals surface area (Å²) < 4.78 is 30.3. The monoisotopic (exact) mass is 482 g/mol. The molecule has 2 heterocycles. The first-order valence-electron chi connectivity index (χ1n) is 11.6. The van der Waals surface area contributed by atoms with Crippen molar-refractivity contribution in [2.45, 2.75) is 18.6 Å². The maximum absolute atomic E-state index is 15.0. The Labute approximate surface area is 207 Å². The van der Waals surface area contributed by atoms with Crippen LogP contribution < -0.4 is 5.32 Å². The van der Waals surface area contributed by atoms with Crippen LogP contribution in [0.15, 0.2) is 103 Å². The molecule has 5 aromatic rings. The highest BCUT2D eigenvalue weighted by molar-refractivity contribution is 5.91. The normalized spacial score (nSPS) is 12.4. The lowest BCUT2D eigenvalue weighted by molar-refractivity contribution is -0.114. The second-order valence-corrected chi connectivity index (χ2v) is 8.50. The molecule has 1 unspecified atom stereocenters. The predicted molar refractivity (Wildman–Crippen MR) is 136 cm³/mol. The number of benzene rings is 3. The number of anilines is 1. The molecule has 0 aliphatic carbocycles. The smallest absolute Gasteiger partial charge is 0.222 e. The van der Waals surface area contributed by atoms with Crippen LogP contribution in [-0.4, -0.2) is 27.3 Å². The zero-order valence-corrected chi connectivity index (χ0v) is 19.6. The van der Waals surface area contributed by atoms with Crippen LogP contribution in [0, 0.1) is 0 Å². The lowest BCUT2D eigenvalue weighted by Gasteiger charge is -2.37. The van der Waals surface area contributed by atoms with E-state index in [-0.39, 0.29) is 11.6 Å². The highest BCUT2D eigenvalue weighted by Crippen LogP contribution is 2.43. The predicted octanol–water partition coefficient (Wildman–Crippen LogP) is 6.21. The van der Waals surface area contributed by atoms with E-state index in [9.17, 15) is 13.6 Å². The number of rotatable bonds is 7. The van der Waals surface area contributed by atoms with Gasteiger partial charge in [-0.15, -0.1) is 0 Å². The summed E-state index contributed by atoms with van der Waals surface area (Å²) in [5, 5.41) is 7.80. The molecular weight excluding hydrogens is 458 g/mol. The molecular formula is C29H24F2N4O. The third kappa shape index (κ3) is 3.92. The van der Waals surface area contributed by atoms with Gasteiger partial charge in [-0.2, -0.15) is 5.10 Å². The number of amides is 1. The summed E-state index contributed by atoms with van der Waals surface area (Å²) in [5.74, 6) is 0.00199. The molecule has 180 valence electrons. The third-order valence-electron chi connectivity index (χ3n) is 6.22. The van der Waals surface area contributed by atoms with Gasteiger partial charge in [0.1, 0.15) is 23.7 Å². The van der Waals surface area contributed by atoms with Gasteiger partial charge in [0.2, 0.25) is 5.91 Å². The molecule has 0 aliphatic heterocycles. The molecule has 1 amide bonds. The Morgan fingerprint density at radius 3 is 1.86 bits per heavy atom. The summed E-state index contributed by atoms with van der Waals surface area (Å²) in [6.07, 6.45) is -0.491. The van der Waals surface area contributed by atoms with Crippen molar-refractivity contribution >= 4 is 22.6 Å². The number of halogens is 2. The Morgan fingerprint density at radius 2 is 1.42 bits per heavy atom. The van der Waals surface area contributed by atoms with E-state index in [4.69, 9.17) is 5.10 Å². The van der Waals surface area contributed by atoms with Gasteiger partial charge in [-0.05, 0) is 16.7 Å². The van der Waals surface area contributed by atoms with Crippen molar-refractivity contribution in [1.29, 1.82) is 0 Å². The van der Waals surface area contributed by atoms with Crippen LogP contribution in [-0.2, 0) is 10.3 Å². The largest absolute Gasteiger partial charge is 0.311 e. The van der Waals surface area contributed by atoms with Crippen LogP contribution in [0.2, 0.25) is 0 Å². The van der Waals surface area contributed by atoms with Crippen LogP contribution in [0.4, 0.5) is 14.6 Å². The molecule has 0 saturated carbocycles. The molecule has 2 aromatic heterocycles. The van der Waals surface area contributed by atoms with E-state index in [2.05, 4.69) is 10.3 Å². The Morgan fingerprint density at radius 1 is 0.917 bits per heavy atom. The molecule has 0 radical (unpaired) electrons. The van der Waals surface area contributed by atoms with Gasteiger partial charge in [0.05, 0.1) is 5.52 Å². The topological polar surface area (TPSA) is 59.8 Å². The van der Waals surface area contributed by atoms with Crippen molar-refractivity contribution in [3.63, 3.8) is 0 Å². The van der Waals surface area contributed by atoms with Crippen molar-refractivity contribution in [2.24, 2.45) is 0 Å². The van der Waals surface area contributed by atoms with Gasteiger partial charge in [-0.25, -0.2) is 18.4 Å². The molecule has 0 saturated heterocycles. The maximum atomic E-state index is 15.0. The Balaban J connectivity index is 1.96. The first-order chi connectivity index (χ1) is 17.6. The van der Waals surface area contributed by atoms with Crippen LogP contribution in [0.3, 0.4) is 0 Å². The first-order valence-corrected chi connectivity index (χ1v) is 11.6. The second-order valence-electron chi connectivity index (χ2n) is 8.50. The molecule has 5 nitrogen and oxygen atoms in total. The highest BCUT2D eigenvalue weighted by atomic mass is 19.2. The number of carbonyl (C=O) groups is 1. The molecule has 0 spiro atoms. The number of carbonyl (C=O) groups excluding carboxylic acids is 1. The third-order valence-corrected chi connectivity index (χ3v) is 6.22. The zero-order chi connectivity index (χ0) is 25.1. The molecule has 7 heteroatoms. The minimum absolute atomic E-state index is 0.0402. The van der Waals surface area contributed by atoms with Crippen LogP contribution in [0.25, 0.3) is 10.9 Å². The lowest BCUT2D eigenvalue weighted by atomic mass is 9.77. The van der Waals surface area contributed by atoms with Gasteiger partial charge in [-0.3, -0.25) is 4.79 Å². The van der Waals surface area contributed by atoms with E-state index in [0.29, 0.717) is 16.7 Å².